The second kappa shape index (κ2) is 7.65. The van der Waals surface area contributed by atoms with E-state index in [9.17, 15) is 9.59 Å². The van der Waals surface area contributed by atoms with Crippen LogP contribution in [0.25, 0.3) is 0 Å². The van der Waals surface area contributed by atoms with E-state index >= 15 is 0 Å². The number of carbonyl (C=O) groups excluding carboxylic acids is 2. The molecular formula is C17H16ClNO4. The van der Waals surface area contributed by atoms with Crippen molar-refractivity contribution in [2.24, 2.45) is 0 Å². The van der Waals surface area contributed by atoms with Crippen molar-refractivity contribution in [3.05, 3.63) is 59.1 Å². The van der Waals surface area contributed by atoms with Crippen molar-refractivity contribution in [1.82, 2.24) is 0 Å². The highest BCUT2D eigenvalue weighted by atomic mass is 35.5. The van der Waals surface area contributed by atoms with E-state index in [1.54, 1.807) is 42.5 Å². The maximum absolute atomic E-state index is 12.5. The van der Waals surface area contributed by atoms with E-state index in [4.69, 9.17) is 21.1 Å². The van der Waals surface area contributed by atoms with Crippen molar-refractivity contribution in [2.75, 3.05) is 12.4 Å². The number of anilines is 1. The first kappa shape index (κ1) is 16.8. The molecule has 2 aromatic rings. The van der Waals surface area contributed by atoms with Gasteiger partial charge in [0, 0.05) is 18.2 Å². The summed E-state index contributed by atoms with van der Waals surface area (Å²) in [6, 6.07) is 13.6. The summed E-state index contributed by atoms with van der Waals surface area (Å²) in [6.07, 6.45) is -1.03. The van der Waals surface area contributed by atoms with Gasteiger partial charge in [-0.3, -0.25) is 9.59 Å². The summed E-state index contributed by atoms with van der Waals surface area (Å²) in [5.74, 6) is -0.501. The fourth-order valence-corrected chi connectivity index (χ4v) is 2.28. The minimum absolute atomic E-state index is 0.369. The van der Waals surface area contributed by atoms with Gasteiger partial charge in [-0.15, -0.1) is 0 Å². The molecule has 0 spiro atoms. The van der Waals surface area contributed by atoms with Gasteiger partial charge in [0.15, 0.2) is 0 Å². The lowest BCUT2D eigenvalue weighted by Gasteiger charge is -2.17. The average molecular weight is 334 g/mol. The number of ether oxygens (including phenoxy) is 2. The first-order valence-corrected chi connectivity index (χ1v) is 7.25. The Morgan fingerprint density at radius 2 is 1.83 bits per heavy atom. The van der Waals surface area contributed by atoms with Crippen molar-refractivity contribution in [2.45, 2.75) is 13.0 Å². The van der Waals surface area contributed by atoms with Gasteiger partial charge in [-0.05, 0) is 18.2 Å². The maximum Gasteiger partial charge on any atom is 0.303 e. The van der Waals surface area contributed by atoms with Crippen LogP contribution in [0.1, 0.15) is 18.6 Å². The van der Waals surface area contributed by atoms with Gasteiger partial charge in [-0.2, -0.15) is 0 Å². The minimum atomic E-state index is -1.03. The molecule has 0 aromatic heterocycles. The standard InChI is InChI=1S/C17H16ClNO4/c1-11(20)23-16(12-6-4-3-5-7-12)17(21)19-13-8-9-15(22-2)14(18)10-13/h3-10,16H,1-2H3,(H,19,21)/t16-/m1/s1. The van der Waals surface area contributed by atoms with Crippen LogP contribution in [0.2, 0.25) is 5.02 Å². The molecule has 1 atom stereocenters. The van der Waals surface area contributed by atoms with Gasteiger partial charge < -0.3 is 14.8 Å². The molecule has 0 aliphatic carbocycles. The van der Waals surface area contributed by atoms with Gasteiger partial charge in [0.1, 0.15) is 5.75 Å². The van der Waals surface area contributed by atoms with Gasteiger partial charge >= 0.3 is 5.97 Å². The molecule has 2 aromatic carbocycles. The van der Waals surface area contributed by atoms with E-state index in [1.165, 1.54) is 14.0 Å². The van der Waals surface area contributed by atoms with Crippen LogP contribution in [0, 0.1) is 0 Å². The predicted octanol–water partition coefficient (Wildman–Crippen LogP) is 3.59. The van der Waals surface area contributed by atoms with Crippen molar-refractivity contribution in [3.8, 4) is 5.75 Å². The number of halogens is 1. The first-order valence-electron chi connectivity index (χ1n) is 6.88. The van der Waals surface area contributed by atoms with Crippen LogP contribution in [0.4, 0.5) is 5.69 Å². The zero-order valence-corrected chi connectivity index (χ0v) is 13.5. The number of nitrogens with one attached hydrogen (secondary N) is 1. The number of hydrogen-bond acceptors (Lipinski definition) is 4. The molecule has 120 valence electrons. The second-order valence-corrected chi connectivity index (χ2v) is 5.15. The first-order chi connectivity index (χ1) is 11.0. The zero-order chi connectivity index (χ0) is 16.8. The van der Waals surface area contributed by atoms with E-state index in [0.717, 1.165) is 0 Å². The molecule has 2 rings (SSSR count). The normalized spacial score (nSPS) is 11.4. The quantitative estimate of drug-likeness (QED) is 0.849. The molecule has 0 heterocycles. The lowest BCUT2D eigenvalue weighted by Crippen LogP contribution is -2.25. The third-order valence-corrected chi connectivity index (χ3v) is 3.34. The fraction of sp³-hybridized carbons (Fsp3) is 0.176. The Hall–Kier alpha value is -2.53. The third kappa shape index (κ3) is 4.47. The number of methoxy groups -OCH3 is 1. The number of amides is 1. The molecule has 0 radical (unpaired) electrons. The van der Waals surface area contributed by atoms with E-state index in [-0.39, 0.29) is 0 Å². The molecule has 0 aliphatic rings. The van der Waals surface area contributed by atoms with Crippen LogP contribution >= 0.6 is 11.6 Å². The van der Waals surface area contributed by atoms with Crippen LogP contribution < -0.4 is 10.1 Å². The number of hydrogen-bond donors (Lipinski definition) is 1. The van der Waals surface area contributed by atoms with E-state index in [2.05, 4.69) is 5.32 Å². The molecule has 0 fully saturated rings. The van der Waals surface area contributed by atoms with Crippen molar-refractivity contribution in [1.29, 1.82) is 0 Å². The molecule has 0 unspecified atom stereocenters. The topological polar surface area (TPSA) is 64.6 Å². The molecule has 6 heteroatoms. The van der Waals surface area contributed by atoms with Crippen molar-refractivity contribution < 1.29 is 19.1 Å². The molecule has 0 saturated heterocycles. The molecule has 5 nitrogen and oxygen atoms in total. The van der Waals surface area contributed by atoms with Crippen LogP contribution in [-0.4, -0.2) is 19.0 Å². The van der Waals surface area contributed by atoms with Gasteiger partial charge in [0.2, 0.25) is 6.10 Å². The fourth-order valence-electron chi connectivity index (χ4n) is 2.02. The lowest BCUT2D eigenvalue weighted by atomic mass is 10.1. The summed E-state index contributed by atoms with van der Waals surface area (Å²) < 4.78 is 10.2. The molecule has 0 bridgehead atoms. The molecular weight excluding hydrogens is 318 g/mol. The third-order valence-electron chi connectivity index (χ3n) is 3.04. The Morgan fingerprint density at radius 3 is 2.39 bits per heavy atom. The van der Waals surface area contributed by atoms with Gasteiger partial charge in [0.05, 0.1) is 12.1 Å². The molecule has 1 N–H and O–H groups in total. The highest BCUT2D eigenvalue weighted by Crippen LogP contribution is 2.28. The van der Waals surface area contributed by atoms with E-state index in [1.807, 2.05) is 6.07 Å². The van der Waals surface area contributed by atoms with Crippen LogP contribution in [0.3, 0.4) is 0 Å². The number of carbonyl (C=O) groups is 2. The summed E-state index contributed by atoms with van der Waals surface area (Å²) in [5, 5.41) is 3.05. The van der Waals surface area contributed by atoms with Crippen molar-refractivity contribution in [3.63, 3.8) is 0 Å². The monoisotopic (exact) mass is 333 g/mol. The smallest absolute Gasteiger partial charge is 0.303 e. The predicted molar refractivity (Wildman–Crippen MR) is 87.6 cm³/mol. The lowest BCUT2D eigenvalue weighted by molar-refractivity contribution is -0.152. The molecule has 0 saturated carbocycles. The largest absolute Gasteiger partial charge is 0.495 e. The van der Waals surface area contributed by atoms with Crippen LogP contribution in [0.15, 0.2) is 48.5 Å². The van der Waals surface area contributed by atoms with E-state index < -0.39 is 18.0 Å². The van der Waals surface area contributed by atoms with Crippen molar-refractivity contribution >= 4 is 29.2 Å². The highest BCUT2D eigenvalue weighted by molar-refractivity contribution is 6.32. The van der Waals surface area contributed by atoms with Gasteiger partial charge in [-0.1, -0.05) is 41.9 Å². The minimum Gasteiger partial charge on any atom is -0.495 e. The Bertz CT molecular complexity index is 703. The summed E-state index contributed by atoms with van der Waals surface area (Å²) in [6.45, 7) is 1.26. The van der Waals surface area contributed by atoms with Gasteiger partial charge in [-0.25, -0.2) is 0 Å². The molecule has 0 aliphatic heterocycles. The maximum atomic E-state index is 12.5. The average Bonchev–Trinajstić information content (AvgIpc) is 2.53. The van der Waals surface area contributed by atoms with Gasteiger partial charge in [0.25, 0.3) is 5.91 Å². The SMILES string of the molecule is COc1ccc(NC(=O)[C@H](OC(C)=O)c2ccccc2)cc1Cl. The number of benzene rings is 2. The van der Waals surface area contributed by atoms with Crippen LogP contribution in [-0.2, 0) is 14.3 Å². The summed E-state index contributed by atoms with van der Waals surface area (Å²) in [4.78, 5) is 23.7. The Balaban J connectivity index is 2.21. The number of esters is 1. The summed E-state index contributed by atoms with van der Waals surface area (Å²) >= 11 is 6.03. The highest BCUT2D eigenvalue weighted by Gasteiger charge is 2.23. The van der Waals surface area contributed by atoms with E-state index in [0.29, 0.717) is 22.0 Å². The summed E-state index contributed by atoms with van der Waals surface area (Å²) in [5.41, 5.74) is 1.06. The molecule has 23 heavy (non-hydrogen) atoms. The Kier molecular flexibility index (Phi) is 5.60. The second-order valence-electron chi connectivity index (χ2n) is 4.74. The zero-order valence-electron chi connectivity index (χ0n) is 12.7. The Labute approximate surface area is 139 Å². The molecule has 1 amide bonds. The number of rotatable bonds is 5. The Morgan fingerprint density at radius 1 is 1.13 bits per heavy atom. The van der Waals surface area contributed by atoms with Crippen LogP contribution in [0.5, 0.6) is 5.75 Å². The summed E-state index contributed by atoms with van der Waals surface area (Å²) in [7, 11) is 1.51.